The Morgan fingerprint density at radius 3 is 2.80 bits per heavy atom. The second-order valence-corrected chi connectivity index (χ2v) is 5.48. The molecule has 0 fully saturated rings. The number of hydrogen-bond acceptors (Lipinski definition) is 3. The van der Waals surface area contributed by atoms with Gasteiger partial charge in [0.25, 0.3) is 11.7 Å². The van der Waals surface area contributed by atoms with Crippen LogP contribution in [0.4, 0.5) is 5.69 Å². The molecule has 0 unspecified atom stereocenters. The highest BCUT2D eigenvalue weighted by molar-refractivity contribution is 9.10. The number of hydrogen-bond donors (Lipinski definition) is 0. The number of benzene rings is 1. The summed E-state index contributed by atoms with van der Waals surface area (Å²) in [5.41, 5.74) is 1.13. The maximum absolute atomic E-state index is 12.1. The second-order valence-electron chi connectivity index (χ2n) is 4.63. The fraction of sp³-hybridized carbons (Fsp3) is 0.214. The van der Waals surface area contributed by atoms with Gasteiger partial charge in [-0.25, -0.2) is 4.98 Å². The van der Waals surface area contributed by atoms with E-state index < -0.39 is 11.7 Å². The number of aryl methyl sites for hydroxylation is 1. The van der Waals surface area contributed by atoms with Crippen molar-refractivity contribution in [1.82, 2.24) is 9.55 Å². The van der Waals surface area contributed by atoms with Gasteiger partial charge in [0.15, 0.2) is 0 Å². The average Bonchev–Trinajstić information content (AvgIpc) is 2.94. The van der Waals surface area contributed by atoms with Gasteiger partial charge in [0.1, 0.15) is 5.82 Å². The van der Waals surface area contributed by atoms with Crippen LogP contribution in [0.25, 0.3) is 0 Å². The molecule has 102 valence electrons. The van der Waals surface area contributed by atoms with Crippen LogP contribution in [0.3, 0.4) is 0 Å². The Balaban J connectivity index is 1.90. The Hall–Kier alpha value is -1.95. The van der Waals surface area contributed by atoms with E-state index in [4.69, 9.17) is 0 Å². The van der Waals surface area contributed by atoms with Crippen LogP contribution in [0.1, 0.15) is 16.2 Å². The first kappa shape index (κ1) is 13.1. The Kier molecular flexibility index (Phi) is 3.17. The van der Waals surface area contributed by atoms with Crippen LogP contribution in [-0.4, -0.2) is 27.8 Å². The molecule has 2 aromatic rings. The first-order valence-corrected chi connectivity index (χ1v) is 7.00. The van der Waals surface area contributed by atoms with Crippen LogP contribution < -0.4 is 4.90 Å². The summed E-state index contributed by atoms with van der Waals surface area (Å²) in [7, 11) is 1.91. The fourth-order valence-electron chi connectivity index (χ4n) is 2.37. The molecule has 20 heavy (non-hydrogen) atoms. The van der Waals surface area contributed by atoms with Crippen molar-refractivity contribution in [3.05, 3.63) is 46.5 Å². The minimum absolute atomic E-state index is 0.436. The summed E-state index contributed by atoms with van der Waals surface area (Å²) in [6.07, 6.45) is 4.18. The van der Waals surface area contributed by atoms with E-state index in [1.807, 2.05) is 23.9 Å². The number of halogens is 1. The number of aromatic nitrogens is 2. The van der Waals surface area contributed by atoms with Crippen molar-refractivity contribution in [1.29, 1.82) is 0 Å². The maximum Gasteiger partial charge on any atom is 0.299 e. The second kappa shape index (κ2) is 4.86. The Labute approximate surface area is 124 Å². The van der Waals surface area contributed by atoms with Crippen LogP contribution in [0.15, 0.2) is 35.1 Å². The van der Waals surface area contributed by atoms with Crippen LogP contribution >= 0.6 is 15.9 Å². The van der Waals surface area contributed by atoms with Gasteiger partial charge in [0.05, 0.1) is 11.3 Å². The smallest absolute Gasteiger partial charge is 0.299 e. The molecule has 3 rings (SSSR count). The SMILES string of the molecule is Cn1ccnc1CCN1C(=O)C(=O)c2cccc(Br)c21. The molecule has 1 aliphatic rings. The summed E-state index contributed by atoms with van der Waals surface area (Å²) in [5.74, 6) is -0.0343. The van der Waals surface area contributed by atoms with Crippen molar-refractivity contribution < 1.29 is 9.59 Å². The first-order valence-electron chi connectivity index (χ1n) is 6.20. The third kappa shape index (κ3) is 1.96. The lowest BCUT2D eigenvalue weighted by Crippen LogP contribution is -2.32. The predicted octanol–water partition coefficient (Wildman–Crippen LogP) is 1.95. The first-order chi connectivity index (χ1) is 9.59. The standard InChI is InChI=1S/C14H12BrN3O2/c1-17-8-6-16-11(17)5-7-18-12-9(13(19)14(18)20)3-2-4-10(12)15/h2-4,6,8H,5,7H2,1H3. The number of nitrogens with zero attached hydrogens (tertiary/aromatic N) is 3. The molecule has 0 spiro atoms. The fourth-order valence-corrected chi connectivity index (χ4v) is 2.95. The van der Waals surface area contributed by atoms with E-state index in [-0.39, 0.29) is 0 Å². The van der Waals surface area contributed by atoms with E-state index in [2.05, 4.69) is 20.9 Å². The summed E-state index contributed by atoms with van der Waals surface area (Å²) in [6, 6.07) is 5.27. The van der Waals surface area contributed by atoms with E-state index in [1.165, 1.54) is 4.90 Å². The third-order valence-electron chi connectivity index (χ3n) is 3.42. The van der Waals surface area contributed by atoms with Gasteiger partial charge in [-0.1, -0.05) is 6.07 Å². The molecule has 5 nitrogen and oxygen atoms in total. The zero-order chi connectivity index (χ0) is 14.3. The molecule has 0 bridgehead atoms. The largest absolute Gasteiger partial charge is 0.338 e. The van der Waals surface area contributed by atoms with Crippen molar-refractivity contribution >= 4 is 33.3 Å². The summed E-state index contributed by atoms with van der Waals surface area (Å²) in [4.78, 5) is 29.8. The van der Waals surface area contributed by atoms with Crippen LogP contribution in [-0.2, 0) is 18.3 Å². The van der Waals surface area contributed by atoms with Gasteiger partial charge in [-0.05, 0) is 28.1 Å². The minimum atomic E-state index is -0.471. The van der Waals surface area contributed by atoms with Gasteiger partial charge >= 0.3 is 0 Å². The molecule has 1 aromatic heterocycles. The molecule has 6 heteroatoms. The monoisotopic (exact) mass is 333 g/mol. The van der Waals surface area contributed by atoms with Gasteiger partial charge in [0, 0.05) is 36.9 Å². The van der Waals surface area contributed by atoms with Crippen LogP contribution in [0, 0.1) is 0 Å². The van der Waals surface area contributed by atoms with Crippen molar-refractivity contribution in [3.8, 4) is 0 Å². The minimum Gasteiger partial charge on any atom is -0.338 e. The number of amides is 1. The molecular weight excluding hydrogens is 322 g/mol. The Morgan fingerprint density at radius 1 is 1.30 bits per heavy atom. The number of ketones is 1. The number of Topliss-reactive ketones (excluding diaryl/α,β-unsaturated/α-hetero) is 1. The molecule has 2 heterocycles. The summed E-state index contributed by atoms with van der Waals surface area (Å²) < 4.78 is 2.66. The van der Waals surface area contributed by atoms with Crippen molar-refractivity contribution in [2.75, 3.05) is 11.4 Å². The van der Waals surface area contributed by atoms with Crippen molar-refractivity contribution in [3.63, 3.8) is 0 Å². The van der Waals surface area contributed by atoms with Crippen LogP contribution in [0.5, 0.6) is 0 Å². The van der Waals surface area contributed by atoms with Gasteiger partial charge in [-0.3, -0.25) is 9.59 Å². The summed E-state index contributed by atoms with van der Waals surface area (Å²) >= 11 is 3.41. The van der Waals surface area contributed by atoms with E-state index in [0.717, 1.165) is 10.3 Å². The molecule has 0 N–H and O–H groups in total. The van der Waals surface area contributed by atoms with Gasteiger partial charge in [-0.2, -0.15) is 0 Å². The van der Waals surface area contributed by atoms with E-state index in [0.29, 0.717) is 24.2 Å². The quantitative estimate of drug-likeness (QED) is 0.807. The van der Waals surface area contributed by atoms with Crippen molar-refractivity contribution in [2.45, 2.75) is 6.42 Å². The number of anilines is 1. The number of imidazole rings is 1. The lowest BCUT2D eigenvalue weighted by molar-refractivity contribution is -0.114. The van der Waals surface area contributed by atoms with E-state index in [1.54, 1.807) is 18.3 Å². The molecule has 1 aliphatic heterocycles. The molecule has 0 atom stereocenters. The Bertz CT molecular complexity index is 708. The van der Waals surface area contributed by atoms with Gasteiger partial charge in [-0.15, -0.1) is 0 Å². The number of carbonyl (C=O) groups is 2. The number of carbonyl (C=O) groups excluding carboxylic acids is 2. The normalized spacial score (nSPS) is 14.0. The summed E-state index contributed by atoms with van der Waals surface area (Å²) in [6.45, 7) is 0.436. The van der Waals surface area contributed by atoms with Crippen molar-refractivity contribution in [2.24, 2.45) is 7.05 Å². The topological polar surface area (TPSA) is 55.2 Å². The highest BCUT2D eigenvalue weighted by Crippen LogP contribution is 2.35. The lowest BCUT2D eigenvalue weighted by Gasteiger charge is -2.17. The highest BCUT2D eigenvalue weighted by atomic mass is 79.9. The van der Waals surface area contributed by atoms with Gasteiger partial charge < -0.3 is 9.47 Å². The average molecular weight is 334 g/mol. The Morgan fingerprint density at radius 2 is 2.10 bits per heavy atom. The molecular formula is C14H12BrN3O2. The van der Waals surface area contributed by atoms with E-state index in [9.17, 15) is 9.59 Å². The zero-order valence-electron chi connectivity index (χ0n) is 10.8. The molecule has 1 aromatic carbocycles. The molecule has 0 radical (unpaired) electrons. The number of fused-ring (bicyclic) bond motifs is 1. The predicted molar refractivity (Wildman–Crippen MR) is 77.7 cm³/mol. The third-order valence-corrected chi connectivity index (χ3v) is 4.06. The maximum atomic E-state index is 12.1. The number of rotatable bonds is 3. The number of para-hydroxylation sites is 1. The lowest BCUT2D eigenvalue weighted by atomic mass is 10.1. The van der Waals surface area contributed by atoms with Crippen LogP contribution in [0.2, 0.25) is 0 Å². The zero-order valence-corrected chi connectivity index (χ0v) is 12.4. The highest BCUT2D eigenvalue weighted by Gasteiger charge is 2.36. The molecule has 0 aliphatic carbocycles. The summed E-state index contributed by atoms with van der Waals surface area (Å²) in [5, 5.41) is 0. The molecule has 1 amide bonds. The molecule has 0 saturated heterocycles. The van der Waals surface area contributed by atoms with Gasteiger partial charge in [0.2, 0.25) is 0 Å². The molecule has 0 saturated carbocycles. The van der Waals surface area contributed by atoms with E-state index >= 15 is 0 Å².